The van der Waals surface area contributed by atoms with Crippen LogP contribution in [0.4, 0.5) is 4.79 Å². The van der Waals surface area contributed by atoms with Crippen LogP contribution in [-0.4, -0.2) is 71.2 Å². The van der Waals surface area contributed by atoms with E-state index in [0.717, 1.165) is 0 Å². The summed E-state index contributed by atoms with van der Waals surface area (Å²) in [4.78, 5) is 50.0. The second-order valence-electron chi connectivity index (χ2n) is 8.94. The Morgan fingerprint density at radius 2 is 1.97 bits per heavy atom. The minimum atomic E-state index is -0.982. The van der Waals surface area contributed by atoms with Crippen LogP contribution in [0.1, 0.15) is 60.3 Å². The molecule has 3 atom stereocenters. The summed E-state index contributed by atoms with van der Waals surface area (Å²) in [6.45, 7) is 9.49. The molecule has 188 valence electrons. The number of esters is 1. The van der Waals surface area contributed by atoms with Crippen LogP contribution >= 0.6 is 0 Å². The molecule has 0 aliphatic carbocycles. The van der Waals surface area contributed by atoms with E-state index < -0.39 is 46.6 Å². The number of nitrogens with zero attached hydrogens (tertiary/aromatic N) is 2. The SMILES string of the molecule is CCOC(=O)[C@H]1C[C@H](C)CCN1C(=O)[C@H](CCCNC(=N)N[N+](=O)[O-])NC(=O)OC(C)(C)C. The molecule has 13 heteroatoms. The van der Waals surface area contributed by atoms with Crippen molar-refractivity contribution in [2.24, 2.45) is 5.92 Å². The molecule has 1 aliphatic heterocycles. The average molecular weight is 473 g/mol. The van der Waals surface area contributed by atoms with Crippen LogP contribution in [0.15, 0.2) is 0 Å². The normalized spacial score (nSPS) is 19.1. The first-order valence-corrected chi connectivity index (χ1v) is 11.0. The van der Waals surface area contributed by atoms with Crippen LogP contribution in [0.5, 0.6) is 0 Å². The van der Waals surface area contributed by atoms with Gasteiger partial charge in [-0.1, -0.05) is 12.3 Å². The van der Waals surface area contributed by atoms with E-state index in [-0.39, 0.29) is 25.5 Å². The summed E-state index contributed by atoms with van der Waals surface area (Å²) >= 11 is 0. The molecule has 0 aromatic heterocycles. The molecular formula is C20H36N6O7. The number of hydrazine groups is 1. The van der Waals surface area contributed by atoms with E-state index in [9.17, 15) is 24.5 Å². The molecule has 33 heavy (non-hydrogen) atoms. The topological polar surface area (TPSA) is 176 Å². The Kier molecular flexibility index (Phi) is 10.8. The highest BCUT2D eigenvalue weighted by molar-refractivity contribution is 5.90. The zero-order chi connectivity index (χ0) is 25.2. The van der Waals surface area contributed by atoms with Crippen molar-refractivity contribution in [2.75, 3.05) is 19.7 Å². The number of rotatable bonds is 9. The molecule has 0 aromatic carbocycles. The number of alkyl carbamates (subject to hydrolysis) is 1. The number of piperidine rings is 1. The molecule has 0 bridgehead atoms. The molecule has 0 spiro atoms. The number of nitrogens with one attached hydrogen (secondary N) is 4. The lowest BCUT2D eigenvalue weighted by molar-refractivity contribution is -0.525. The van der Waals surface area contributed by atoms with Crippen molar-refractivity contribution in [3.05, 3.63) is 10.1 Å². The van der Waals surface area contributed by atoms with Gasteiger partial charge in [0.15, 0.2) is 5.03 Å². The maximum absolute atomic E-state index is 13.4. The third-order valence-corrected chi connectivity index (χ3v) is 4.87. The summed E-state index contributed by atoms with van der Waals surface area (Å²) in [5.74, 6) is -1.15. The largest absolute Gasteiger partial charge is 0.464 e. The van der Waals surface area contributed by atoms with Crippen LogP contribution in [0, 0.1) is 21.4 Å². The van der Waals surface area contributed by atoms with Gasteiger partial charge in [-0.25, -0.2) is 19.7 Å². The molecular weight excluding hydrogens is 436 g/mol. The van der Waals surface area contributed by atoms with Gasteiger partial charge in [-0.05, 0) is 59.3 Å². The third kappa shape index (κ3) is 10.4. The fourth-order valence-corrected chi connectivity index (χ4v) is 3.42. The maximum atomic E-state index is 13.4. The summed E-state index contributed by atoms with van der Waals surface area (Å²) in [7, 11) is 0. The number of hydrogen-bond acceptors (Lipinski definition) is 8. The number of ether oxygens (including phenoxy) is 2. The van der Waals surface area contributed by atoms with Crippen LogP contribution in [0.2, 0.25) is 0 Å². The lowest BCUT2D eigenvalue weighted by Gasteiger charge is -2.38. The van der Waals surface area contributed by atoms with Crippen molar-refractivity contribution in [2.45, 2.75) is 78.0 Å². The fourth-order valence-electron chi connectivity index (χ4n) is 3.42. The fraction of sp³-hybridized carbons (Fsp3) is 0.800. The Balaban J connectivity index is 2.91. The molecule has 4 N–H and O–H groups in total. The number of likely N-dealkylation sites (tertiary alicyclic amines) is 1. The highest BCUT2D eigenvalue weighted by Crippen LogP contribution is 2.25. The Hall–Kier alpha value is -3.12. The van der Waals surface area contributed by atoms with Crippen molar-refractivity contribution < 1.29 is 28.9 Å². The van der Waals surface area contributed by atoms with E-state index in [4.69, 9.17) is 14.9 Å². The lowest BCUT2D eigenvalue weighted by Crippen LogP contribution is -2.57. The minimum Gasteiger partial charge on any atom is -0.464 e. The van der Waals surface area contributed by atoms with Gasteiger partial charge in [0.1, 0.15) is 17.7 Å². The smallest absolute Gasteiger partial charge is 0.408 e. The molecule has 0 unspecified atom stereocenters. The Bertz CT molecular complexity index is 724. The van der Waals surface area contributed by atoms with Crippen LogP contribution in [0.3, 0.4) is 0 Å². The Labute approximate surface area is 193 Å². The number of guanidine groups is 1. The van der Waals surface area contributed by atoms with Gasteiger partial charge in [0, 0.05) is 13.1 Å². The van der Waals surface area contributed by atoms with Gasteiger partial charge >= 0.3 is 12.1 Å². The summed E-state index contributed by atoms with van der Waals surface area (Å²) in [6, 6.07) is -1.72. The van der Waals surface area contributed by atoms with E-state index in [2.05, 4.69) is 10.6 Å². The Morgan fingerprint density at radius 3 is 2.55 bits per heavy atom. The standard InChI is InChI=1S/C20H36N6O7/c1-6-32-17(28)15-12-13(2)9-11-25(15)16(27)14(23-19(29)33-20(3,4)5)8-7-10-22-18(21)24-26(30)31/h13-15H,6-12H2,1-5H3,(H,23,29)(H3,21,22,24)/t13-,14+,15-/m1/s1. The summed E-state index contributed by atoms with van der Waals surface area (Å²) in [5.41, 5.74) is 0.908. The van der Waals surface area contributed by atoms with Crippen LogP contribution in [-0.2, 0) is 19.1 Å². The van der Waals surface area contributed by atoms with Gasteiger partial charge in [-0.2, -0.15) is 0 Å². The highest BCUT2D eigenvalue weighted by Gasteiger charge is 2.39. The predicted molar refractivity (Wildman–Crippen MR) is 119 cm³/mol. The van der Waals surface area contributed by atoms with Crippen molar-refractivity contribution in [1.29, 1.82) is 5.41 Å². The molecule has 2 amide bonds. The van der Waals surface area contributed by atoms with Crippen LogP contribution in [0.25, 0.3) is 0 Å². The second kappa shape index (κ2) is 12.8. The quantitative estimate of drug-likeness (QED) is 0.0957. The van der Waals surface area contributed by atoms with E-state index in [1.54, 1.807) is 33.1 Å². The van der Waals surface area contributed by atoms with E-state index in [0.29, 0.717) is 25.8 Å². The summed E-state index contributed by atoms with van der Waals surface area (Å²) in [6.07, 6.45) is 0.886. The molecule has 1 heterocycles. The first-order chi connectivity index (χ1) is 15.3. The van der Waals surface area contributed by atoms with Gasteiger partial charge in [-0.15, -0.1) is 0 Å². The lowest BCUT2D eigenvalue weighted by atomic mass is 9.91. The van der Waals surface area contributed by atoms with Gasteiger partial charge < -0.3 is 25.0 Å². The van der Waals surface area contributed by atoms with Gasteiger partial charge in [0.2, 0.25) is 5.91 Å². The zero-order valence-electron chi connectivity index (χ0n) is 19.9. The van der Waals surface area contributed by atoms with Gasteiger partial charge in [0.25, 0.3) is 5.96 Å². The van der Waals surface area contributed by atoms with Crippen molar-refractivity contribution >= 4 is 23.9 Å². The van der Waals surface area contributed by atoms with E-state index in [1.807, 2.05) is 6.92 Å². The molecule has 0 radical (unpaired) electrons. The number of carbonyl (C=O) groups excluding carboxylic acids is 3. The number of amides is 2. The highest BCUT2D eigenvalue weighted by atomic mass is 16.7. The monoisotopic (exact) mass is 472 g/mol. The van der Waals surface area contributed by atoms with Crippen molar-refractivity contribution in [3.63, 3.8) is 0 Å². The van der Waals surface area contributed by atoms with Crippen molar-refractivity contribution in [3.8, 4) is 0 Å². The molecule has 1 aliphatic rings. The van der Waals surface area contributed by atoms with Crippen molar-refractivity contribution in [1.82, 2.24) is 21.0 Å². The van der Waals surface area contributed by atoms with Gasteiger partial charge in [0.05, 0.1) is 6.61 Å². The average Bonchev–Trinajstić information content (AvgIpc) is 2.68. The molecule has 0 aromatic rings. The maximum Gasteiger partial charge on any atom is 0.408 e. The first-order valence-electron chi connectivity index (χ1n) is 11.0. The number of carbonyl (C=O) groups is 3. The number of hydrogen-bond donors (Lipinski definition) is 4. The second-order valence-corrected chi connectivity index (χ2v) is 8.94. The number of nitro groups is 1. The summed E-state index contributed by atoms with van der Waals surface area (Å²) < 4.78 is 10.4. The molecule has 1 rings (SSSR count). The van der Waals surface area contributed by atoms with Gasteiger partial charge in [-0.3, -0.25) is 10.2 Å². The zero-order valence-corrected chi connectivity index (χ0v) is 19.9. The molecule has 1 fully saturated rings. The first kappa shape index (κ1) is 27.9. The molecule has 13 nitrogen and oxygen atoms in total. The van der Waals surface area contributed by atoms with E-state index >= 15 is 0 Å². The Morgan fingerprint density at radius 1 is 1.30 bits per heavy atom. The molecule has 1 saturated heterocycles. The molecule has 0 saturated carbocycles. The van der Waals surface area contributed by atoms with Crippen LogP contribution < -0.4 is 16.1 Å². The predicted octanol–water partition coefficient (Wildman–Crippen LogP) is 1.16. The van der Waals surface area contributed by atoms with E-state index in [1.165, 1.54) is 4.90 Å². The third-order valence-electron chi connectivity index (χ3n) is 4.87. The summed E-state index contributed by atoms with van der Waals surface area (Å²) in [5, 5.41) is 22.0. The minimum absolute atomic E-state index is 0.151.